The van der Waals surface area contributed by atoms with Crippen LogP contribution in [0.15, 0.2) is 11.8 Å². The Balaban J connectivity index is 2.37. The number of carbonyl (C=O) groups is 2. The van der Waals surface area contributed by atoms with Gasteiger partial charge in [0.15, 0.2) is 0 Å². The van der Waals surface area contributed by atoms with Crippen molar-refractivity contribution in [3.63, 3.8) is 0 Å². The van der Waals surface area contributed by atoms with E-state index in [1.165, 1.54) is 4.90 Å². The second kappa shape index (κ2) is 8.16. The van der Waals surface area contributed by atoms with Crippen molar-refractivity contribution in [2.75, 3.05) is 33.4 Å². The molecular weight excluding hydrogens is 264 g/mol. The van der Waals surface area contributed by atoms with Crippen LogP contribution in [-0.2, 0) is 9.53 Å². The van der Waals surface area contributed by atoms with Gasteiger partial charge in [0.05, 0.1) is 25.3 Å². The number of hydrogen-bond acceptors (Lipinski definition) is 5. The minimum atomic E-state index is -0.644. The lowest BCUT2D eigenvalue weighted by atomic mass is 10.2. The van der Waals surface area contributed by atoms with Gasteiger partial charge in [-0.05, 0) is 0 Å². The molecule has 0 saturated carbocycles. The highest BCUT2D eigenvalue weighted by Crippen LogP contribution is 2.04. The van der Waals surface area contributed by atoms with Gasteiger partial charge in [0.1, 0.15) is 12.8 Å². The molecule has 20 heavy (non-hydrogen) atoms. The average molecular weight is 282 g/mol. The SMILES string of the molecule is CN1C=C(C#CCNC(=O)COCCO)C(N)NC1=O. The van der Waals surface area contributed by atoms with E-state index in [4.69, 9.17) is 15.6 Å². The van der Waals surface area contributed by atoms with Gasteiger partial charge in [0.2, 0.25) is 5.91 Å². The van der Waals surface area contributed by atoms with E-state index in [9.17, 15) is 9.59 Å². The molecule has 0 radical (unpaired) electrons. The van der Waals surface area contributed by atoms with Gasteiger partial charge in [0.25, 0.3) is 0 Å². The van der Waals surface area contributed by atoms with Gasteiger partial charge in [-0.25, -0.2) is 4.79 Å². The van der Waals surface area contributed by atoms with Crippen molar-refractivity contribution < 1.29 is 19.4 Å². The monoisotopic (exact) mass is 282 g/mol. The zero-order chi connectivity index (χ0) is 15.0. The molecule has 1 aliphatic heterocycles. The number of nitrogens with zero attached hydrogens (tertiary/aromatic N) is 1. The molecule has 8 nitrogen and oxygen atoms in total. The Morgan fingerprint density at radius 1 is 1.70 bits per heavy atom. The Bertz CT molecular complexity index is 452. The standard InChI is InChI=1S/C12H18N4O4/c1-16-7-9(11(13)15-12(16)19)3-2-4-14-10(18)8-20-6-5-17/h7,11,17H,4-6,8,13H2,1H3,(H,14,18)(H,15,19). The maximum absolute atomic E-state index is 11.2. The van der Waals surface area contributed by atoms with Crippen molar-refractivity contribution in [3.05, 3.63) is 11.8 Å². The first-order chi connectivity index (χ1) is 9.54. The minimum Gasteiger partial charge on any atom is -0.394 e. The largest absolute Gasteiger partial charge is 0.394 e. The molecule has 1 aliphatic rings. The summed E-state index contributed by atoms with van der Waals surface area (Å²) < 4.78 is 4.84. The molecule has 1 unspecified atom stereocenters. The van der Waals surface area contributed by atoms with Crippen molar-refractivity contribution in [2.45, 2.75) is 6.17 Å². The van der Waals surface area contributed by atoms with Crippen molar-refractivity contribution >= 4 is 11.9 Å². The zero-order valence-electron chi connectivity index (χ0n) is 11.2. The van der Waals surface area contributed by atoms with Gasteiger partial charge in [-0.15, -0.1) is 0 Å². The van der Waals surface area contributed by atoms with Crippen LogP contribution in [0.2, 0.25) is 0 Å². The fourth-order valence-corrected chi connectivity index (χ4v) is 1.34. The third-order valence-corrected chi connectivity index (χ3v) is 2.34. The van der Waals surface area contributed by atoms with Crippen molar-refractivity contribution in [1.29, 1.82) is 0 Å². The summed E-state index contributed by atoms with van der Waals surface area (Å²) in [5.41, 5.74) is 6.25. The van der Waals surface area contributed by atoms with E-state index in [2.05, 4.69) is 22.5 Å². The summed E-state index contributed by atoms with van der Waals surface area (Å²) in [6.45, 7) is 0.0114. The molecule has 0 aromatic carbocycles. The predicted octanol–water partition coefficient (Wildman–Crippen LogP) is -2.06. The molecule has 0 bridgehead atoms. The molecule has 0 aliphatic carbocycles. The quantitative estimate of drug-likeness (QED) is 0.342. The van der Waals surface area contributed by atoms with E-state index in [0.717, 1.165) is 0 Å². The van der Waals surface area contributed by atoms with Crippen LogP contribution >= 0.6 is 0 Å². The third-order valence-electron chi connectivity index (χ3n) is 2.34. The van der Waals surface area contributed by atoms with Crippen molar-refractivity contribution in [2.24, 2.45) is 5.73 Å². The van der Waals surface area contributed by atoms with Crippen molar-refractivity contribution in [1.82, 2.24) is 15.5 Å². The number of aliphatic hydroxyl groups is 1. The maximum atomic E-state index is 11.2. The number of hydrogen-bond donors (Lipinski definition) is 4. The Kier molecular flexibility index (Phi) is 6.52. The normalized spacial score (nSPS) is 17.8. The van der Waals surface area contributed by atoms with Crippen LogP contribution in [0.4, 0.5) is 4.79 Å². The van der Waals surface area contributed by atoms with E-state index in [-0.39, 0.29) is 38.3 Å². The summed E-state index contributed by atoms with van der Waals surface area (Å²) in [4.78, 5) is 23.8. The van der Waals surface area contributed by atoms with Crippen LogP contribution < -0.4 is 16.4 Å². The van der Waals surface area contributed by atoms with E-state index in [0.29, 0.717) is 5.57 Å². The van der Waals surface area contributed by atoms with Gasteiger partial charge in [0, 0.05) is 13.2 Å². The topological polar surface area (TPSA) is 117 Å². The Hall–Kier alpha value is -2.08. The molecule has 0 aromatic rings. The summed E-state index contributed by atoms with van der Waals surface area (Å²) >= 11 is 0. The van der Waals surface area contributed by atoms with Gasteiger partial charge >= 0.3 is 6.03 Å². The smallest absolute Gasteiger partial charge is 0.322 e. The lowest BCUT2D eigenvalue weighted by Gasteiger charge is -2.24. The summed E-state index contributed by atoms with van der Waals surface area (Å²) in [6, 6.07) is -0.294. The van der Waals surface area contributed by atoms with Crippen LogP contribution in [0.5, 0.6) is 0 Å². The molecule has 1 atom stereocenters. The number of carbonyl (C=O) groups excluding carboxylic acids is 2. The summed E-state index contributed by atoms with van der Waals surface area (Å²) in [6.07, 6.45) is 0.901. The first-order valence-corrected chi connectivity index (χ1v) is 5.99. The number of ether oxygens (including phenoxy) is 1. The number of rotatable bonds is 5. The number of nitrogens with one attached hydrogen (secondary N) is 2. The fraction of sp³-hybridized carbons (Fsp3) is 0.500. The Morgan fingerprint density at radius 3 is 3.15 bits per heavy atom. The highest BCUT2D eigenvalue weighted by atomic mass is 16.5. The number of aliphatic hydroxyl groups excluding tert-OH is 1. The van der Waals surface area contributed by atoms with Crippen molar-refractivity contribution in [3.8, 4) is 11.8 Å². The summed E-state index contributed by atoms with van der Waals surface area (Å²) in [5.74, 6) is 5.19. The first-order valence-electron chi connectivity index (χ1n) is 5.99. The molecule has 1 rings (SSSR count). The second-order valence-corrected chi connectivity index (χ2v) is 3.98. The third kappa shape index (κ3) is 5.27. The molecule has 5 N–H and O–H groups in total. The lowest BCUT2D eigenvalue weighted by Crippen LogP contribution is -2.50. The average Bonchev–Trinajstić information content (AvgIpc) is 2.40. The van der Waals surface area contributed by atoms with Crippen LogP contribution in [0.3, 0.4) is 0 Å². The molecule has 1 heterocycles. The Morgan fingerprint density at radius 2 is 2.45 bits per heavy atom. The predicted molar refractivity (Wildman–Crippen MR) is 71.0 cm³/mol. The molecule has 8 heteroatoms. The summed E-state index contributed by atoms with van der Waals surface area (Å²) in [5, 5.41) is 13.5. The molecule has 3 amide bonds. The van der Waals surface area contributed by atoms with Crippen LogP contribution in [0.25, 0.3) is 0 Å². The van der Waals surface area contributed by atoms with E-state index >= 15 is 0 Å². The van der Waals surface area contributed by atoms with Gasteiger partial charge in [-0.2, -0.15) is 0 Å². The zero-order valence-corrected chi connectivity index (χ0v) is 11.2. The molecule has 0 saturated heterocycles. The summed E-state index contributed by atoms with van der Waals surface area (Å²) in [7, 11) is 1.59. The highest BCUT2D eigenvalue weighted by Gasteiger charge is 2.19. The molecule has 0 spiro atoms. The second-order valence-electron chi connectivity index (χ2n) is 3.98. The van der Waals surface area contributed by atoms with Gasteiger partial charge < -0.3 is 31.1 Å². The number of amides is 3. The van der Waals surface area contributed by atoms with Crippen LogP contribution in [0.1, 0.15) is 0 Å². The van der Waals surface area contributed by atoms with Gasteiger partial charge in [-0.3, -0.25) is 4.79 Å². The first kappa shape index (κ1) is 16.0. The molecule has 0 fully saturated rings. The van der Waals surface area contributed by atoms with E-state index in [1.807, 2.05) is 0 Å². The van der Waals surface area contributed by atoms with E-state index in [1.54, 1.807) is 13.2 Å². The number of nitrogens with two attached hydrogens (primary N) is 1. The molecule has 110 valence electrons. The number of urea groups is 1. The lowest BCUT2D eigenvalue weighted by molar-refractivity contribution is -0.125. The van der Waals surface area contributed by atoms with Gasteiger partial charge in [-0.1, -0.05) is 11.8 Å². The van der Waals surface area contributed by atoms with Crippen LogP contribution in [0, 0.1) is 11.8 Å². The highest BCUT2D eigenvalue weighted by molar-refractivity contribution is 5.78. The minimum absolute atomic E-state index is 0.118. The fourth-order valence-electron chi connectivity index (χ4n) is 1.34. The Labute approximate surface area is 116 Å². The van der Waals surface area contributed by atoms with Crippen LogP contribution in [-0.4, -0.2) is 61.5 Å². The molecular formula is C12H18N4O4. The molecule has 0 aromatic heterocycles. The van der Waals surface area contributed by atoms with E-state index < -0.39 is 6.17 Å². The maximum Gasteiger partial charge on any atom is 0.322 e.